The molecule has 166 valence electrons. The molecule has 4 aromatic rings. The van der Waals surface area contributed by atoms with Gasteiger partial charge in [0.2, 0.25) is 0 Å². The van der Waals surface area contributed by atoms with Crippen LogP contribution in [0.3, 0.4) is 0 Å². The smallest absolute Gasteiger partial charge is 0.343 e. The van der Waals surface area contributed by atoms with Crippen LogP contribution in [-0.4, -0.2) is 18.0 Å². The van der Waals surface area contributed by atoms with Crippen LogP contribution in [0.25, 0.3) is 17.0 Å². The number of rotatable bonds is 7. The van der Waals surface area contributed by atoms with Gasteiger partial charge >= 0.3 is 5.63 Å². The van der Waals surface area contributed by atoms with Gasteiger partial charge in [0.25, 0.3) is 0 Å². The Hall–Kier alpha value is -3.83. The highest BCUT2D eigenvalue weighted by atomic mass is 35.5. The van der Waals surface area contributed by atoms with Crippen molar-refractivity contribution in [3.63, 3.8) is 0 Å². The Kier molecular flexibility index (Phi) is 6.61. The Morgan fingerprint density at radius 3 is 2.45 bits per heavy atom. The first kappa shape index (κ1) is 22.4. The summed E-state index contributed by atoms with van der Waals surface area (Å²) in [5.74, 6) is -0.463. The summed E-state index contributed by atoms with van der Waals surface area (Å²) in [7, 11) is 1.56. The highest BCUT2D eigenvalue weighted by Gasteiger charge is 2.26. The van der Waals surface area contributed by atoms with Crippen molar-refractivity contribution < 1.29 is 19.1 Å². The minimum absolute atomic E-state index is 0.0346. The lowest BCUT2D eigenvalue weighted by molar-refractivity contribution is -0.114. The van der Waals surface area contributed by atoms with E-state index in [4.69, 9.17) is 20.8 Å². The number of ether oxygens (including phenoxy) is 1. The molecule has 4 rings (SSSR count). The molecular weight excluding hydrogens is 440 g/mol. The monoisotopic (exact) mass is 460 g/mol. The van der Waals surface area contributed by atoms with E-state index in [1.807, 2.05) is 0 Å². The molecule has 1 heterocycles. The zero-order chi connectivity index (χ0) is 23.4. The van der Waals surface area contributed by atoms with Crippen LogP contribution in [0, 0.1) is 0 Å². The molecule has 1 unspecified atom stereocenters. The van der Waals surface area contributed by atoms with Crippen molar-refractivity contribution in [2.24, 2.45) is 0 Å². The van der Waals surface area contributed by atoms with Crippen LogP contribution in [0.1, 0.15) is 29.0 Å². The fourth-order valence-electron chi connectivity index (χ4n) is 3.71. The molecular formula is C27H21ClO5. The van der Waals surface area contributed by atoms with Crippen molar-refractivity contribution in [2.45, 2.75) is 12.3 Å². The fourth-order valence-corrected chi connectivity index (χ4v) is 3.84. The second kappa shape index (κ2) is 9.76. The van der Waals surface area contributed by atoms with Gasteiger partial charge < -0.3 is 14.3 Å². The summed E-state index contributed by atoms with van der Waals surface area (Å²) in [6, 6.07) is 20.9. The Morgan fingerprint density at radius 1 is 1.06 bits per heavy atom. The second-order valence-electron chi connectivity index (χ2n) is 7.53. The number of ketones is 1. The van der Waals surface area contributed by atoms with E-state index < -0.39 is 11.5 Å². The maximum Gasteiger partial charge on any atom is 0.343 e. The Bertz CT molecular complexity index is 1370. The van der Waals surface area contributed by atoms with Crippen LogP contribution < -0.4 is 10.4 Å². The van der Waals surface area contributed by atoms with E-state index in [-0.39, 0.29) is 29.1 Å². The number of allylic oxidation sites excluding steroid dienone is 1. The van der Waals surface area contributed by atoms with Crippen LogP contribution in [0.5, 0.6) is 11.5 Å². The molecule has 6 heteroatoms. The van der Waals surface area contributed by atoms with Gasteiger partial charge in [-0.3, -0.25) is 4.79 Å². The van der Waals surface area contributed by atoms with Crippen molar-refractivity contribution in [3.8, 4) is 11.5 Å². The molecule has 0 amide bonds. The molecule has 0 aliphatic carbocycles. The van der Waals surface area contributed by atoms with Gasteiger partial charge in [-0.2, -0.15) is 0 Å². The van der Waals surface area contributed by atoms with Gasteiger partial charge in [0, 0.05) is 17.4 Å². The molecule has 33 heavy (non-hydrogen) atoms. The lowest BCUT2D eigenvalue weighted by Gasteiger charge is -2.18. The van der Waals surface area contributed by atoms with Gasteiger partial charge in [-0.05, 0) is 53.6 Å². The van der Waals surface area contributed by atoms with Crippen molar-refractivity contribution >= 4 is 34.4 Å². The Labute approximate surface area is 195 Å². The van der Waals surface area contributed by atoms with E-state index in [2.05, 4.69) is 0 Å². The molecule has 0 fully saturated rings. The molecule has 0 saturated heterocycles. The topological polar surface area (TPSA) is 76.7 Å². The summed E-state index contributed by atoms with van der Waals surface area (Å²) in [6.07, 6.45) is 3.11. The highest BCUT2D eigenvalue weighted by molar-refractivity contribution is 6.30. The number of hydrogen-bond acceptors (Lipinski definition) is 5. The van der Waals surface area contributed by atoms with Gasteiger partial charge in [-0.15, -0.1) is 0 Å². The SMILES string of the molecule is COc1ccc(C(CC(=O)/C=C/c2ccc(Cl)cc2)c2c(O)c3ccccc3oc2=O)cc1. The number of methoxy groups -OCH3 is 1. The molecule has 3 aromatic carbocycles. The largest absolute Gasteiger partial charge is 0.507 e. The summed E-state index contributed by atoms with van der Waals surface area (Å²) in [5, 5.41) is 12.0. The molecule has 5 nitrogen and oxygen atoms in total. The zero-order valence-electron chi connectivity index (χ0n) is 17.8. The van der Waals surface area contributed by atoms with E-state index in [9.17, 15) is 14.7 Å². The normalized spacial score (nSPS) is 12.2. The molecule has 0 spiro atoms. The van der Waals surface area contributed by atoms with Gasteiger partial charge in [0.15, 0.2) is 5.78 Å². The van der Waals surface area contributed by atoms with Crippen molar-refractivity contribution in [2.75, 3.05) is 7.11 Å². The first-order chi connectivity index (χ1) is 16.0. The maximum atomic E-state index is 12.9. The third-order valence-electron chi connectivity index (χ3n) is 5.42. The number of fused-ring (bicyclic) bond motifs is 1. The molecule has 1 aromatic heterocycles. The lowest BCUT2D eigenvalue weighted by Crippen LogP contribution is -2.17. The Balaban J connectivity index is 1.74. The summed E-state index contributed by atoms with van der Waals surface area (Å²) in [5.41, 5.74) is 1.16. The van der Waals surface area contributed by atoms with Crippen LogP contribution in [-0.2, 0) is 4.79 Å². The summed E-state index contributed by atoms with van der Waals surface area (Å²) in [6.45, 7) is 0. The summed E-state index contributed by atoms with van der Waals surface area (Å²) in [4.78, 5) is 25.8. The van der Waals surface area contributed by atoms with E-state index >= 15 is 0 Å². The van der Waals surface area contributed by atoms with Gasteiger partial charge in [0.1, 0.15) is 17.1 Å². The summed E-state index contributed by atoms with van der Waals surface area (Å²) < 4.78 is 10.7. The van der Waals surface area contributed by atoms with Crippen molar-refractivity contribution in [1.29, 1.82) is 0 Å². The molecule has 0 aliphatic rings. The zero-order valence-corrected chi connectivity index (χ0v) is 18.6. The lowest BCUT2D eigenvalue weighted by atomic mass is 9.86. The molecule has 1 atom stereocenters. The minimum atomic E-state index is -0.709. The molecule has 0 bridgehead atoms. The number of para-hydroxylation sites is 1. The van der Waals surface area contributed by atoms with E-state index in [0.717, 1.165) is 5.56 Å². The van der Waals surface area contributed by atoms with Gasteiger partial charge in [-0.1, -0.05) is 54.1 Å². The molecule has 0 radical (unpaired) electrons. The first-order valence-corrected chi connectivity index (χ1v) is 10.7. The molecule has 0 saturated carbocycles. The van der Waals surface area contributed by atoms with Gasteiger partial charge in [-0.25, -0.2) is 4.79 Å². The van der Waals surface area contributed by atoms with Gasteiger partial charge in [0.05, 0.1) is 18.1 Å². The van der Waals surface area contributed by atoms with Crippen LogP contribution >= 0.6 is 11.6 Å². The number of halogens is 1. The number of hydrogen-bond donors (Lipinski definition) is 1. The van der Waals surface area contributed by atoms with Crippen LogP contribution in [0.4, 0.5) is 0 Å². The molecule has 0 aliphatic heterocycles. The van der Waals surface area contributed by atoms with Crippen LogP contribution in [0.15, 0.2) is 88.1 Å². The van der Waals surface area contributed by atoms with Crippen molar-refractivity contribution in [3.05, 3.63) is 111 Å². The quantitative estimate of drug-likeness (QED) is 0.272. The maximum absolute atomic E-state index is 12.9. The predicted molar refractivity (Wildman–Crippen MR) is 129 cm³/mol. The average molecular weight is 461 g/mol. The number of aromatic hydroxyl groups is 1. The highest BCUT2D eigenvalue weighted by Crippen LogP contribution is 2.36. The Morgan fingerprint density at radius 2 is 1.76 bits per heavy atom. The second-order valence-corrected chi connectivity index (χ2v) is 7.97. The third kappa shape index (κ3) is 4.99. The molecule has 1 N–H and O–H groups in total. The van der Waals surface area contributed by atoms with Crippen molar-refractivity contribution in [1.82, 2.24) is 0 Å². The van der Waals surface area contributed by atoms with E-state index in [0.29, 0.717) is 21.7 Å². The average Bonchev–Trinajstić information content (AvgIpc) is 2.83. The van der Waals surface area contributed by atoms with E-state index in [1.54, 1.807) is 86.0 Å². The minimum Gasteiger partial charge on any atom is -0.507 e. The predicted octanol–water partition coefficient (Wildman–Crippen LogP) is 5.97. The number of carbonyl (C=O) groups excluding carboxylic acids is 1. The standard InChI is InChI=1S/C27H21ClO5/c1-32-21-14-9-18(10-15-21)23(16-20(29)13-8-17-6-11-19(28)12-7-17)25-26(30)22-4-2-3-5-24(22)33-27(25)31/h2-15,23,30H,16H2,1H3/b13-8+. The summed E-state index contributed by atoms with van der Waals surface area (Å²) >= 11 is 5.91. The first-order valence-electron chi connectivity index (χ1n) is 10.3. The van der Waals surface area contributed by atoms with E-state index in [1.165, 1.54) is 6.08 Å². The number of carbonyl (C=O) groups is 1. The third-order valence-corrected chi connectivity index (χ3v) is 5.68. The fraction of sp³-hybridized carbons (Fsp3) is 0.111. The van der Waals surface area contributed by atoms with Crippen LogP contribution in [0.2, 0.25) is 5.02 Å². The number of benzene rings is 3.